The first-order valence-corrected chi connectivity index (χ1v) is 4.89. The molecule has 0 saturated heterocycles. The Labute approximate surface area is 88.7 Å². The van der Waals surface area contributed by atoms with Gasteiger partial charge in [0.05, 0.1) is 5.92 Å². The van der Waals surface area contributed by atoms with Crippen LogP contribution in [0.15, 0.2) is 34.5 Å². The fourth-order valence-corrected chi connectivity index (χ4v) is 1.58. The molecule has 4 N–H and O–H groups in total. The standard InChI is InChI=1S/C11H14N4/c1-7-2-4-8(5-3-7)6-9-10(12)14-15-11(9)13/h2-5,9H,6H2,1H3,(H2,12,14)(H2,13,15). The predicted molar refractivity (Wildman–Crippen MR) is 61.6 cm³/mol. The molecular weight excluding hydrogens is 188 g/mol. The molecule has 0 aliphatic carbocycles. The minimum absolute atomic E-state index is 0.0345. The molecule has 0 bridgehead atoms. The first-order valence-electron chi connectivity index (χ1n) is 4.89. The Morgan fingerprint density at radius 2 is 1.60 bits per heavy atom. The van der Waals surface area contributed by atoms with Crippen molar-refractivity contribution in [2.75, 3.05) is 0 Å². The van der Waals surface area contributed by atoms with Crippen LogP contribution >= 0.6 is 0 Å². The smallest absolute Gasteiger partial charge is 0.133 e. The molecule has 15 heavy (non-hydrogen) atoms. The Morgan fingerprint density at radius 1 is 1.07 bits per heavy atom. The van der Waals surface area contributed by atoms with Crippen molar-refractivity contribution in [3.63, 3.8) is 0 Å². The van der Waals surface area contributed by atoms with E-state index in [0.717, 1.165) is 6.42 Å². The highest BCUT2D eigenvalue weighted by molar-refractivity contribution is 6.07. The van der Waals surface area contributed by atoms with Crippen molar-refractivity contribution in [2.24, 2.45) is 27.6 Å². The second-order valence-corrected chi connectivity index (χ2v) is 3.79. The van der Waals surface area contributed by atoms with Crippen LogP contribution in [0.5, 0.6) is 0 Å². The average molecular weight is 202 g/mol. The predicted octanol–water partition coefficient (Wildman–Crippen LogP) is 0.797. The summed E-state index contributed by atoms with van der Waals surface area (Å²) in [7, 11) is 0. The molecule has 0 spiro atoms. The maximum Gasteiger partial charge on any atom is 0.133 e. The molecule has 0 saturated carbocycles. The number of hydrogen-bond donors (Lipinski definition) is 2. The molecule has 0 unspecified atom stereocenters. The quantitative estimate of drug-likeness (QED) is 0.744. The van der Waals surface area contributed by atoms with E-state index in [9.17, 15) is 0 Å². The van der Waals surface area contributed by atoms with Crippen molar-refractivity contribution in [1.82, 2.24) is 0 Å². The van der Waals surface area contributed by atoms with Crippen LogP contribution in [0.1, 0.15) is 11.1 Å². The van der Waals surface area contributed by atoms with Gasteiger partial charge in [0.25, 0.3) is 0 Å². The zero-order valence-electron chi connectivity index (χ0n) is 8.64. The Bertz CT molecular complexity index is 399. The zero-order valence-corrected chi connectivity index (χ0v) is 8.64. The van der Waals surface area contributed by atoms with Crippen LogP contribution in [0.25, 0.3) is 0 Å². The van der Waals surface area contributed by atoms with Crippen LogP contribution in [0.3, 0.4) is 0 Å². The summed E-state index contributed by atoms with van der Waals surface area (Å²) < 4.78 is 0. The fourth-order valence-electron chi connectivity index (χ4n) is 1.58. The second kappa shape index (κ2) is 3.73. The van der Waals surface area contributed by atoms with Gasteiger partial charge in [-0.3, -0.25) is 0 Å². The number of benzene rings is 1. The van der Waals surface area contributed by atoms with Gasteiger partial charge in [-0.2, -0.15) is 0 Å². The fraction of sp³-hybridized carbons (Fsp3) is 0.273. The Hall–Kier alpha value is -1.84. The molecule has 0 amide bonds. The number of hydrogen-bond acceptors (Lipinski definition) is 4. The topological polar surface area (TPSA) is 76.8 Å². The molecule has 0 radical (unpaired) electrons. The first-order chi connectivity index (χ1) is 7.16. The summed E-state index contributed by atoms with van der Waals surface area (Å²) in [4.78, 5) is 0. The molecule has 0 aromatic heterocycles. The van der Waals surface area contributed by atoms with E-state index in [0.29, 0.717) is 11.7 Å². The highest BCUT2D eigenvalue weighted by atomic mass is 15.3. The lowest BCUT2D eigenvalue weighted by Gasteiger charge is -2.10. The summed E-state index contributed by atoms with van der Waals surface area (Å²) >= 11 is 0. The van der Waals surface area contributed by atoms with Gasteiger partial charge < -0.3 is 11.5 Å². The zero-order chi connectivity index (χ0) is 10.8. The van der Waals surface area contributed by atoms with Gasteiger partial charge in [-0.05, 0) is 18.9 Å². The second-order valence-electron chi connectivity index (χ2n) is 3.79. The Morgan fingerprint density at radius 3 is 2.13 bits per heavy atom. The van der Waals surface area contributed by atoms with Crippen LogP contribution in [0.4, 0.5) is 0 Å². The van der Waals surface area contributed by atoms with Crippen molar-refractivity contribution in [1.29, 1.82) is 0 Å². The first kappa shape index (κ1) is 9.71. The number of nitrogens with two attached hydrogens (primary N) is 2. The summed E-state index contributed by atoms with van der Waals surface area (Å²) in [6.45, 7) is 2.06. The highest BCUT2D eigenvalue weighted by Gasteiger charge is 2.22. The third kappa shape index (κ3) is 1.98. The lowest BCUT2D eigenvalue weighted by molar-refractivity contribution is 0.892. The number of amidine groups is 2. The van der Waals surface area contributed by atoms with Crippen molar-refractivity contribution in [2.45, 2.75) is 13.3 Å². The molecule has 1 aromatic rings. The summed E-state index contributed by atoms with van der Waals surface area (Å²) in [5.41, 5.74) is 13.8. The van der Waals surface area contributed by atoms with E-state index in [4.69, 9.17) is 11.5 Å². The van der Waals surface area contributed by atoms with Crippen molar-refractivity contribution < 1.29 is 0 Å². The minimum Gasteiger partial charge on any atom is -0.385 e. The maximum atomic E-state index is 5.70. The van der Waals surface area contributed by atoms with Crippen LogP contribution < -0.4 is 11.5 Å². The van der Waals surface area contributed by atoms with Crippen LogP contribution in [0.2, 0.25) is 0 Å². The molecule has 2 rings (SSSR count). The van der Waals surface area contributed by atoms with Crippen molar-refractivity contribution in [3.05, 3.63) is 35.4 Å². The van der Waals surface area contributed by atoms with E-state index in [-0.39, 0.29) is 5.92 Å². The largest absolute Gasteiger partial charge is 0.385 e. The van der Waals surface area contributed by atoms with Crippen molar-refractivity contribution in [3.8, 4) is 0 Å². The number of aryl methyl sites for hydroxylation is 1. The molecular formula is C11H14N4. The van der Waals surface area contributed by atoms with Gasteiger partial charge in [0.2, 0.25) is 0 Å². The summed E-state index contributed by atoms with van der Waals surface area (Å²) in [5.74, 6) is 0.980. The van der Waals surface area contributed by atoms with Gasteiger partial charge in [0.15, 0.2) is 0 Å². The van der Waals surface area contributed by atoms with E-state index >= 15 is 0 Å². The van der Waals surface area contributed by atoms with E-state index in [1.165, 1.54) is 11.1 Å². The maximum absolute atomic E-state index is 5.70. The number of nitrogens with zero attached hydrogens (tertiary/aromatic N) is 2. The lowest BCUT2D eigenvalue weighted by atomic mass is 9.97. The van der Waals surface area contributed by atoms with E-state index in [2.05, 4.69) is 41.4 Å². The molecule has 0 fully saturated rings. The summed E-state index contributed by atoms with van der Waals surface area (Å²) in [6.07, 6.45) is 0.769. The van der Waals surface area contributed by atoms with Gasteiger partial charge in [-0.15, -0.1) is 10.2 Å². The average Bonchev–Trinajstić information content (AvgIpc) is 2.53. The monoisotopic (exact) mass is 202 g/mol. The van der Waals surface area contributed by atoms with Crippen molar-refractivity contribution >= 4 is 11.7 Å². The number of rotatable bonds is 2. The Balaban J connectivity index is 2.12. The van der Waals surface area contributed by atoms with Gasteiger partial charge in [-0.1, -0.05) is 29.8 Å². The summed E-state index contributed by atoms with van der Waals surface area (Å²) in [5, 5.41) is 7.54. The van der Waals surface area contributed by atoms with E-state index < -0.39 is 0 Å². The van der Waals surface area contributed by atoms with Gasteiger partial charge in [0.1, 0.15) is 11.7 Å². The molecule has 1 heterocycles. The van der Waals surface area contributed by atoms with E-state index in [1.807, 2.05) is 0 Å². The molecule has 1 aromatic carbocycles. The Kier molecular flexibility index (Phi) is 2.41. The van der Waals surface area contributed by atoms with E-state index in [1.54, 1.807) is 0 Å². The van der Waals surface area contributed by atoms with Crippen LogP contribution in [0, 0.1) is 12.8 Å². The highest BCUT2D eigenvalue weighted by Crippen LogP contribution is 2.14. The third-order valence-corrected chi connectivity index (χ3v) is 2.56. The molecule has 1 aliphatic heterocycles. The molecule has 1 aliphatic rings. The van der Waals surface area contributed by atoms with Gasteiger partial charge in [-0.25, -0.2) is 0 Å². The molecule has 78 valence electrons. The van der Waals surface area contributed by atoms with Gasteiger partial charge in [0, 0.05) is 0 Å². The lowest BCUT2D eigenvalue weighted by Crippen LogP contribution is -2.33. The SMILES string of the molecule is Cc1ccc(CC2C(N)=NN=C2N)cc1. The van der Waals surface area contributed by atoms with Crippen LogP contribution in [-0.4, -0.2) is 11.7 Å². The third-order valence-electron chi connectivity index (χ3n) is 2.56. The molecule has 0 atom stereocenters. The normalized spacial score (nSPS) is 16.3. The van der Waals surface area contributed by atoms with Gasteiger partial charge >= 0.3 is 0 Å². The molecule has 4 nitrogen and oxygen atoms in total. The molecule has 4 heteroatoms. The summed E-state index contributed by atoms with van der Waals surface area (Å²) in [6, 6.07) is 8.30. The van der Waals surface area contributed by atoms with Crippen LogP contribution in [-0.2, 0) is 6.42 Å². The minimum atomic E-state index is -0.0345.